The van der Waals surface area contributed by atoms with Crippen LogP contribution in [0.4, 0.5) is 17.1 Å². The summed E-state index contributed by atoms with van der Waals surface area (Å²) in [7, 11) is 0. The zero-order chi connectivity index (χ0) is 29.0. The third kappa shape index (κ3) is 5.84. The molecule has 40 heavy (non-hydrogen) atoms. The van der Waals surface area contributed by atoms with E-state index in [4.69, 9.17) is 4.74 Å². The Morgan fingerprint density at radius 1 is 1.00 bits per heavy atom. The van der Waals surface area contributed by atoms with Gasteiger partial charge in [0.15, 0.2) is 0 Å². The average molecular weight is 539 g/mol. The molecule has 0 fully saturated rings. The lowest BCUT2D eigenvalue weighted by Crippen LogP contribution is -2.14. The highest BCUT2D eigenvalue weighted by molar-refractivity contribution is 6.10. The number of rotatable bonds is 8. The van der Waals surface area contributed by atoms with E-state index in [1.54, 1.807) is 19.1 Å². The Balaban J connectivity index is 1.53. The van der Waals surface area contributed by atoms with E-state index in [9.17, 15) is 30.3 Å². The molecule has 2 aromatic carbocycles. The van der Waals surface area contributed by atoms with E-state index >= 15 is 0 Å². The number of hydrogen-bond donors (Lipinski definition) is 1. The molecule has 0 aliphatic carbocycles. The van der Waals surface area contributed by atoms with Gasteiger partial charge in [-0.05, 0) is 74.4 Å². The summed E-state index contributed by atoms with van der Waals surface area (Å²) in [5.74, 6) is 0.0635. The molecule has 1 amide bonds. The third-order valence-electron chi connectivity index (χ3n) is 6.05. The van der Waals surface area contributed by atoms with Crippen molar-refractivity contribution in [1.29, 1.82) is 5.26 Å². The standard InChI is InChI=1S/C28H22N6O6/c1-17-12-23(33(36)37)6-10-26(17)31-28(35)21(15-29)14-20-13-18(2)32(19(20)3)22-4-8-25(9-5-22)40-27-11-7-24(16-30-27)34(38)39/h4-14,16H,1-3H3,(H,31,35). The Bertz CT molecular complexity index is 1700. The summed E-state index contributed by atoms with van der Waals surface area (Å²) in [5.41, 5.74) is 3.63. The van der Waals surface area contributed by atoms with Crippen LogP contribution in [0.2, 0.25) is 0 Å². The van der Waals surface area contributed by atoms with Gasteiger partial charge in [0.05, 0.1) is 9.85 Å². The number of anilines is 1. The van der Waals surface area contributed by atoms with Gasteiger partial charge in [-0.1, -0.05) is 0 Å². The fourth-order valence-corrected chi connectivity index (χ4v) is 4.05. The fourth-order valence-electron chi connectivity index (χ4n) is 4.05. The Morgan fingerprint density at radius 3 is 2.25 bits per heavy atom. The smallest absolute Gasteiger partial charge is 0.287 e. The van der Waals surface area contributed by atoms with E-state index in [1.165, 1.54) is 36.4 Å². The predicted octanol–water partition coefficient (Wildman–Crippen LogP) is 5.95. The number of aryl methyl sites for hydroxylation is 2. The topological polar surface area (TPSA) is 166 Å². The molecule has 0 aliphatic heterocycles. The third-order valence-corrected chi connectivity index (χ3v) is 6.05. The quantitative estimate of drug-likeness (QED) is 0.124. The molecular formula is C28H22N6O6. The Hall–Kier alpha value is -5.83. The second-order valence-electron chi connectivity index (χ2n) is 8.75. The number of hydrogen-bond acceptors (Lipinski definition) is 8. The van der Waals surface area contributed by atoms with Gasteiger partial charge in [-0.2, -0.15) is 5.26 Å². The second-order valence-corrected chi connectivity index (χ2v) is 8.75. The molecule has 4 rings (SSSR count). The van der Waals surface area contributed by atoms with Gasteiger partial charge < -0.3 is 14.6 Å². The maximum absolute atomic E-state index is 12.8. The summed E-state index contributed by atoms with van der Waals surface area (Å²) in [4.78, 5) is 37.5. The minimum atomic E-state index is -0.634. The Morgan fingerprint density at radius 2 is 1.68 bits per heavy atom. The van der Waals surface area contributed by atoms with Crippen molar-refractivity contribution in [3.8, 4) is 23.4 Å². The largest absolute Gasteiger partial charge is 0.439 e. The van der Waals surface area contributed by atoms with Crippen molar-refractivity contribution in [3.05, 3.63) is 115 Å². The second kappa shape index (κ2) is 11.3. The summed E-state index contributed by atoms with van der Waals surface area (Å²) in [6, 6.07) is 17.7. The average Bonchev–Trinajstić information content (AvgIpc) is 3.21. The van der Waals surface area contributed by atoms with Crippen molar-refractivity contribution >= 4 is 29.0 Å². The number of carbonyl (C=O) groups excluding carboxylic acids is 1. The van der Waals surface area contributed by atoms with Gasteiger partial charge in [-0.15, -0.1) is 0 Å². The maximum Gasteiger partial charge on any atom is 0.287 e. The molecule has 4 aromatic rings. The van der Waals surface area contributed by atoms with Crippen LogP contribution < -0.4 is 10.1 Å². The minimum Gasteiger partial charge on any atom is -0.439 e. The minimum absolute atomic E-state index is 0.0957. The number of pyridine rings is 1. The van der Waals surface area contributed by atoms with Gasteiger partial charge in [0.1, 0.15) is 23.6 Å². The molecule has 2 aromatic heterocycles. The fraction of sp³-hybridized carbons (Fsp3) is 0.107. The van der Waals surface area contributed by atoms with Crippen LogP contribution in [-0.2, 0) is 4.79 Å². The molecule has 0 saturated heterocycles. The van der Waals surface area contributed by atoms with Gasteiger partial charge in [-0.25, -0.2) is 4.98 Å². The molecular weight excluding hydrogens is 516 g/mol. The number of nitriles is 1. The normalized spacial score (nSPS) is 11.0. The van der Waals surface area contributed by atoms with Crippen LogP contribution in [0.15, 0.2) is 72.4 Å². The number of non-ortho nitro benzene ring substituents is 1. The van der Waals surface area contributed by atoms with Crippen LogP contribution in [0.3, 0.4) is 0 Å². The first-order valence-electron chi connectivity index (χ1n) is 11.8. The van der Waals surface area contributed by atoms with Crippen LogP contribution >= 0.6 is 0 Å². The molecule has 1 N–H and O–H groups in total. The number of aromatic nitrogens is 2. The van der Waals surface area contributed by atoms with Crippen LogP contribution in [-0.4, -0.2) is 25.3 Å². The van der Waals surface area contributed by atoms with Crippen molar-refractivity contribution in [3.63, 3.8) is 0 Å². The highest BCUT2D eigenvalue weighted by atomic mass is 16.6. The van der Waals surface area contributed by atoms with E-state index in [1.807, 2.05) is 42.7 Å². The molecule has 0 bridgehead atoms. The number of nitro benzene ring substituents is 1. The number of benzene rings is 2. The molecule has 0 atom stereocenters. The monoisotopic (exact) mass is 538 g/mol. The van der Waals surface area contributed by atoms with E-state index in [-0.39, 0.29) is 22.8 Å². The highest BCUT2D eigenvalue weighted by Gasteiger charge is 2.16. The number of ether oxygens (including phenoxy) is 1. The molecule has 12 nitrogen and oxygen atoms in total. The first-order chi connectivity index (χ1) is 19.1. The molecule has 200 valence electrons. The lowest BCUT2D eigenvalue weighted by molar-refractivity contribution is -0.385. The number of nitro groups is 2. The molecule has 0 spiro atoms. The first-order valence-corrected chi connectivity index (χ1v) is 11.8. The van der Waals surface area contributed by atoms with Crippen molar-refractivity contribution < 1.29 is 19.4 Å². The SMILES string of the molecule is Cc1cc([N+](=O)[O-])ccc1NC(=O)C(C#N)=Cc1cc(C)n(-c2ccc(Oc3ccc([N+](=O)[O-])cn3)cc2)c1C. The number of amides is 1. The van der Waals surface area contributed by atoms with Gasteiger partial charge in [-0.3, -0.25) is 25.0 Å². The van der Waals surface area contributed by atoms with Crippen molar-refractivity contribution in [2.24, 2.45) is 0 Å². The Kier molecular flexibility index (Phi) is 7.67. The Labute approximate surface area is 228 Å². The zero-order valence-electron chi connectivity index (χ0n) is 21.6. The number of nitrogens with zero attached hydrogens (tertiary/aromatic N) is 5. The lowest BCUT2D eigenvalue weighted by atomic mass is 10.1. The summed E-state index contributed by atoms with van der Waals surface area (Å²) >= 11 is 0. The van der Waals surface area contributed by atoms with Crippen molar-refractivity contribution in [2.45, 2.75) is 20.8 Å². The van der Waals surface area contributed by atoms with Crippen LogP contribution in [0, 0.1) is 52.3 Å². The molecule has 0 unspecified atom stereocenters. The molecule has 12 heteroatoms. The predicted molar refractivity (Wildman–Crippen MR) is 146 cm³/mol. The summed E-state index contributed by atoms with van der Waals surface area (Å²) in [6.45, 7) is 5.38. The number of nitrogens with one attached hydrogen (secondary N) is 1. The van der Waals surface area contributed by atoms with Crippen LogP contribution in [0.1, 0.15) is 22.5 Å². The highest BCUT2D eigenvalue weighted by Crippen LogP contribution is 2.27. The van der Waals surface area contributed by atoms with Crippen LogP contribution in [0.5, 0.6) is 11.6 Å². The lowest BCUT2D eigenvalue weighted by Gasteiger charge is -2.11. The molecule has 2 heterocycles. The van der Waals surface area contributed by atoms with E-state index < -0.39 is 15.8 Å². The molecule has 0 saturated carbocycles. The van der Waals surface area contributed by atoms with Gasteiger partial charge >= 0.3 is 0 Å². The molecule has 0 radical (unpaired) electrons. The van der Waals surface area contributed by atoms with Gasteiger partial charge in [0.2, 0.25) is 5.88 Å². The number of carbonyl (C=O) groups is 1. The summed E-state index contributed by atoms with van der Waals surface area (Å²) < 4.78 is 7.62. The van der Waals surface area contributed by atoms with Crippen LogP contribution in [0.25, 0.3) is 11.8 Å². The van der Waals surface area contributed by atoms with E-state index in [0.717, 1.165) is 23.3 Å². The first kappa shape index (κ1) is 27.2. The van der Waals surface area contributed by atoms with Gasteiger partial charge in [0.25, 0.3) is 17.3 Å². The van der Waals surface area contributed by atoms with E-state index in [2.05, 4.69) is 10.3 Å². The van der Waals surface area contributed by atoms with E-state index in [0.29, 0.717) is 22.6 Å². The molecule has 0 aliphatic rings. The maximum atomic E-state index is 12.8. The zero-order valence-corrected chi connectivity index (χ0v) is 21.6. The van der Waals surface area contributed by atoms with Gasteiger partial charge in [0, 0.05) is 47.0 Å². The van der Waals surface area contributed by atoms with Crippen molar-refractivity contribution in [1.82, 2.24) is 9.55 Å². The van der Waals surface area contributed by atoms with Crippen molar-refractivity contribution in [2.75, 3.05) is 5.32 Å². The summed E-state index contributed by atoms with van der Waals surface area (Å²) in [5, 5.41) is 34.1. The summed E-state index contributed by atoms with van der Waals surface area (Å²) in [6.07, 6.45) is 2.61.